The summed E-state index contributed by atoms with van der Waals surface area (Å²) in [7, 11) is 2.23. The number of rotatable bonds is 4. The van der Waals surface area contributed by atoms with Gasteiger partial charge in [0.25, 0.3) is 0 Å². The molecule has 1 fully saturated rings. The smallest absolute Gasteiger partial charge is 0.0329 e. The van der Waals surface area contributed by atoms with Crippen LogP contribution in [0, 0.1) is 0 Å². The number of piperazine rings is 1. The predicted molar refractivity (Wildman–Crippen MR) is 92.9 cm³/mol. The summed E-state index contributed by atoms with van der Waals surface area (Å²) in [6, 6.07) is 4.58. The molecule has 1 N–H and O–H groups in total. The normalized spacial score (nSPS) is 20.9. The van der Waals surface area contributed by atoms with E-state index in [0.717, 1.165) is 26.2 Å². The van der Waals surface area contributed by atoms with Gasteiger partial charge in [0.1, 0.15) is 0 Å². The molecule has 1 aromatic rings. The standard InChI is InChI=1S/C17H31N3S/c1-16(2,3)18-11-14-7-8-15(21-14)12-20-10-9-19(6)17(4,5)13-20/h7-8,18H,9-13H2,1-6H3. The minimum absolute atomic E-state index is 0.186. The van der Waals surface area contributed by atoms with Gasteiger partial charge in [-0.2, -0.15) is 0 Å². The second-order valence-corrected chi connectivity index (χ2v) is 9.17. The molecule has 1 saturated heterocycles. The molecule has 1 aliphatic rings. The van der Waals surface area contributed by atoms with E-state index in [9.17, 15) is 0 Å². The van der Waals surface area contributed by atoms with E-state index in [1.54, 1.807) is 0 Å². The Labute approximate surface area is 134 Å². The summed E-state index contributed by atoms with van der Waals surface area (Å²) < 4.78 is 0. The molecule has 120 valence electrons. The van der Waals surface area contributed by atoms with Crippen LogP contribution in [0.2, 0.25) is 0 Å². The fraction of sp³-hybridized carbons (Fsp3) is 0.765. The molecule has 0 spiro atoms. The molecule has 0 unspecified atom stereocenters. The first-order chi connectivity index (χ1) is 9.66. The summed E-state index contributed by atoms with van der Waals surface area (Å²) in [5.74, 6) is 0. The van der Waals surface area contributed by atoms with Crippen molar-refractivity contribution in [3.63, 3.8) is 0 Å². The third-order valence-electron chi connectivity index (χ3n) is 4.29. The average Bonchev–Trinajstić information content (AvgIpc) is 2.78. The van der Waals surface area contributed by atoms with Crippen molar-refractivity contribution in [3.05, 3.63) is 21.9 Å². The molecular formula is C17H31N3S. The largest absolute Gasteiger partial charge is 0.307 e. The Hall–Kier alpha value is -0.420. The predicted octanol–water partition coefficient (Wildman–Crippen LogP) is 3.16. The number of hydrogen-bond donors (Lipinski definition) is 1. The van der Waals surface area contributed by atoms with E-state index in [1.165, 1.54) is 16.3 Å². The van der Waals surface area contributed by atoms with Gasteiger partial charge in [0.2, 0.25) is 0 Å². The lowest BCUT2D eigenvalue weighted by atomic mass is 10.00. The van der Waals surface area contributed by atoms with Crippen LogP contribution in [0.3, 0.4) is 0 Å². The first kappa shape index (κ1) is 16.9. The fourth-order valence-corrected chi connectivity index (χ4v) is 3.65. The van der Waals surface area contributed by atoms with Gasteiger partial charge in [-0.25, -0.2) is 0 Å². The van der Waals surface area contributed by atoms with Crippen LogP contribution in [0.4, 0.5) is 0 Å². The lowest BCUT2D eigenvalue weighted by molar-refractivity contribution is 0.0365. The van der Waals surface area contributed by atoms with Crippen molar-refractivity contribution in [2.45, 2.75) is 58.8 Å². The second-order valence-electron chi connectivity index (χ2n) is 7.92. The maximum absolute atomic E-state index is 3.56. The van der Waals surface area contributed by atoms with E-state index in [-0.39, 0.29) is 11.1 Å². The van der Waals surface area contributed by atoms with Crippen LogP contribution in [-0.2, 0) is 13.1 Å². The molecule has 0 radical (unpaired) electrons. The van der Waals surface area contributed by atoms with E-state index >= 15 is 0 Å². The third-order valence-corrected chi connectivity index (χ3v) is 5.36. The van der Waals surface area contributed by atoms with Crippen LogP contribution in [-0.4, -0.2) is 47.6 Å². The van der Waals surface area contributed by atoms with Crippen molar-refractivity contribution in [2.75, 3.05) is 26.7 Å². The monoisotopic (exact) mass is 309 g/mol. The van der Waals surface area contributed by atoms with Crippen LogP contribution in [0.15, 0.2) is 12.1 Å². The molecule has 0 aliphatic carbocycles. The lowest BCUT2D eigenvalue weighted by Gasteiger charge is -2.45. The second kappa shape index (κ2) is 6.37. The Kier molecular flexibility index (Phi) is 5.14. The van der Waals surface area contributed by atoms with Crippen LogP contribution in [0.5, 0.6) is 0 Å². The van der Waals surface area contributed by atoms with Gasteiger partial charge in [0, 0.05) is 53.6 Å². The molecule has 21 heavy (non-hydrogen) atoms. The Morgan fingerprint density at radius 2 is 1.86 bits per heavy atom. The molecular weight excluding hydrogens is 278 g/mol. The van der Waals surface area contributed by atoms with E-state index in [1.807, 2.05) is 11.3 Å². The highest BCUT2D eigenvalue weighted by Gasteiger charge is 2.30. The number of hydrogen-bond acceptors (Lipinski definition) is 4. The van der Waals surface area contributed by atoms with Gasteiger partial charge in [-0.15, -0.1) is 11.3 Å². The molecule has 0 bridgehead atoms. The Morgan fingerprint density at radius 1 is 1.19 bits per heavy atom. The third kappa shape index (κ3) is 5.06. The molecule has 0 saturated carbocycles. The van der Waals surface area contributed by atoms with E-state index < -0.39 is 0 Å². The van der Waals surface area contributed by atoms with Crippen LogP contribution >= 0.6 is 11.3 Å². The van der Waals surface area contributed by atoms with Crippen molar-refractivity contribution in [1.29, 1.82) is 0 Å². The van der Waals surface area contributed by atoms with Crippen LogP contribution < -0.4 is 5.32 Å². The van der Waals surface area contributed by atoms with E-state index in [0.29, 0.717) is 0 Å². The van der Waals surface area contributed by atoms with Crippen molar-refractivity contribution in [2.24, 2.45) is 0 Å². The van der Waals surface area contributed by atoms with E-state index in [4.69, 9.17) is 0 Å². The van der Waals surface area contributed by atoms with Gasteiger partial charge in [0.05, 0.1) is 0 Å². The molecule has 2 rings (SSSR count). The SMILES string of the molecule is CN1CCN(Cc2ccc(CNC(C)(C)C)s2)CC1(C)C. The molecule has 2 heterocycles. The Balaban J connectivity index is 1.88. The zero-order valence-electron chi connectivity index (χ0n) is 14.5. The molecule has 0 amide bonds. The van der Waals surface area contributed by atoms with Gasteiger partial charge < -0.3 is 5.32 Å². The van der Waals surface area contributed by atoms with Gasteiger partial charge in [-0.05, 0) is 53.8 Å². The number of nitrogens with zero attached hydrogens (tertiary/aromatic N) is 2. The van der Waals surface area contributed by atoms with Crippen LogP contribution in [0.25, 0.3) is 0 Å². The van der Waals surface area contributed by atoms with Gasteiger partial charge in [-0.1, -0.05) is 0 Å². The fourth-order valence-electron chi connectivity index (χ4n) is 2.65. The Morgan fingerprint density at radius 3 is 2.48 bits per heavy atom. The molecule has 3 nitrogen and oxygen atoms in total. The number of thiophene rings is 1. The van der Waals surface area contributed by atoms with Crippen molar-refractivity contribution < 1.29 is 0 Å². The molecule has 0 atom stereocenters. The maximum Gasteiger partial charge on any atom is 0.0329 e. The first-order valence-corrected chi connectivity index (χ1v) is 8.74. The van der Waals surface area contributed by atoms with Gasteiger partial charge in [-0.3, -0.25) is 9.80 Å². The van der Waals surface area contributed by atoms with Crippen molar-refractivity contribution >= 4 is 11.3 Å². The summed E-state index contributed by atoms with van der Waals surface area (Å²) in [5.41, 5.74) is 0.470. The first-order valence-electron chi connectivity index (χ1n) is 7.92. The summed E-state index contributed by atoms with van der Waals surface area (Å²) >= 11 is 1.95. The van der Waals surface area contributed by atoms with Crippen LogP contribution in [0.1, 0.15) is 44.4 Å². The summed E-state index contributed by atoms with van der Waals surface area (Å²) in [5, 5.41) is 3.56. The maximum atomic E-state index is 3.56. The quantitative estimate of drug-likeness (QED) is 0.921. The van der Waals surface area contributed by atoms with Crippen molar-refractivity contribution in [1.82, 2.24) is 15.1 Å². The minimum Gasteiger partial charge on any atom is -0.307 e. The molecule has 4 heteroatoms. The molecule has 1 aromatic heterocycles. The molecule has 0 aromatic carbocycles. The van der Waals surface area contributed by atoms with E-state index in [2.05, 4.69) is 68.9 Å². The summed E-state index contributed by atoms with van der Waals surface area (Å²) in [6.07, 6.45) is 0. The van der Waals surface area contributed by atoms with Gasteiger partial charge in [0.15, 0.2) is 0 Å². The minimum atomic E-state index is 0.186. The highest BCUT2D eigenvalue weighted by molar-refractivity contribution is 7.11. The van der Waals surface area contributed by atoms with Gasteiger partial charge >= 0.3 is 0 Å². The highest BCUT2D eigenvalue weighted by Crippen LogP contribution is 2.23. The average molecular weight is 310 g/mol. The Bertz CT molecular complexity index is 459. The number of likely N-dealkylation sites (N-methyl/N-ethyl adjacent to an activating group) is 1. The van der Waals surface area contributed by atoms with Crippen molar-refractivity contribution in [3.8, 4) is 0 Å². The zero-order chi connectivity index (χ0) is 15.7. The molecule has 1 aliphatic heterocycles. The summed E-state index contributed by atoms with van der Waals surface area (Å²) in [6.45, 7) is 16.9. The highest BCUT2D eigenvalue weighted by atomic mass is 32.1. The topological polar surface area (TPSA) is 18.5 Å². The summed E-state index contributed by atoms with van der Waals surface area (Å²) in [4.78, 5) is 7.98. The zero-order valence-corrected chi connectivity index (χ0v) is 15.3. The lowest BCUT2D eigenvalue weighted by Crippen LogP contribution is -2.57. The number of nitrogens with one attached hydrogen (secondary N) is 1.